The monoisotopic (exact) mass is 1520 g/mol. The molecule has 6 aromatic rings. The van der Waals surface area contributed by atoms with Crippen molar-refractivity contribution in [1.82, 2.24) is 59.3 Å². The summed E-state index contributed by atoms with van der Waals surface area (Å²) in [4.78, 5) is 102. The van der Waals surface area contributed by atoms with Crippen LogP contribution in [0.15, 0.2) is 139 Å². The highest BCUT2D eigenvalue weighted by atomic mass is 16.5. The zero-order valence-corrected chi connectivity index (χ0v) is 64.6. The van der Waals surface area contributed by atoms with Gasteiger partial charge in [-0.1, -0.05) is 133 Å². The molecule has 12 bridgehead atoms. The predicted octanol–water partition coefficient (Wildman–Crippen LogP) is 14.1. The molecule has 9 aliphatic heterocycles. The van der Waals surface area contributed by atoms with Gasteiger partial charge in [-0.25, -0.2) is 29.3 Å². The lowest BCUT2D eigenvalue weighted by molar-refractivity contribution is -0.116. The van der Waals surface area contributed by atoms with E-state index in [4.69, 9.17) is 4.74 Å². The summed E-state index contributed by atoms with van der Waals surface area (Å²) in [6.45, 7) is 12.6. The van der Waals surface area contributed by atoms with Crippen molar-refractivity contribution in [1.29, 1.82) is 0 Å². The number of nitrogens with one attached hydrogen (secondary N) is 3. The number of hydrogen-bond acceptors (Lipinski definition) is 16. The number of anilines is 3. The molecule has 6 saturated carbocycles. The quantitative estimate of drug-likeness (QED) is 0.122. The number of carbonyl (C=O) groups excluding carboxylic acids is 3. The van der Waals surface area contributed by atoms with Gasteiger partial charge in [0.1, 0.15) is 0 Å². The summed E-state index contributed by atoms with van der Waals surface area (Å²) >= 11 is 0. The van der Waals surface area contributed by atoms with Crippen molar-refractivity contribution < 1.29 is 19.1 Å². The molecule has 6 amide bonds. The molecular formula is C87H108N18O7. The van der Waals surface area contributed by atoms with E-state index in [1.807, 2.05) is 86.5 Å². The largest absolute Gasteiger partial charge is 0.378 e. The third-order valence-corrected chi connectivity index (χ3v) is 28.8. The number of allylic oxidation sites excluding steroid dienone is 3. The minimum atomic E-state index is -0.525. The van der Waals surface area contributed by atoms with E-state index in [1.54, 1.807) is 0 Å². The molecular weight excluding hydrogens is 1410 g/mol. The minimum Gasteiger partial charge on any atom is -0.378 e. The summed E-state index contributed by atoms with van der Waals surface area (Å²) in [6, 6.07) is 26.6. The molecule has 3 N–H and O–H groups in total. The van der Waals surface area contributed by atoms with E-state index in [2.05, 4.69) is 80.6 Å². The van der Waals surface area contributed by atoms with Crippen LogP contribution >= 0.6 is 0 Å². The Labute approximate surface area is 653 Å². The fourth-order valence-corrected chi connectivity index (χ4v) is 24.7. The highest BCUT2D eigenvalue weighted by molar-refractivity contribution is 6.02. The van der Waals surface area contributed by atoms with Gasteiger partial charge in [0.25, 0.3) is 16.7 Å². The molecule has 12 fully saturated rings. The first kappa shape index (κ1) is 73.2. The van der Waals surface area contributed by atoms with Crippen LogP contribution < -0.4 is 47.7 Å². The van der Waals surface area contributed by atoms with Crippen molar-refractivity contribution in [2.24, 2.45) is 50.8 Å². The molecule has 15 aliphatic rings. The third kappa shape index (κ3) is 14.0. The molecule has 25 heteroatoms. The number of piperidine rings is 4. The molecule has 3 aromatic heterocycles. The fourth-order valence-electron chi connectivity index (χ4n) is 24.7. The number of hydrogen-bond donors (Lipinski definition) is 3. The zero-order chi connectivity index (χ0) is 76.0. The van der Waals surface area contributed by atoms with Gasteiger partial charge >= 0.3 is 18.1 Å². The Morgan fingerprint density at radius 1 is 0.304 bits per heavy atom. The van der Waals surface area contributed by atoms with E-state index in [0.29, 0.717) is 101 Å². The second kappa shape index (κ2) is 30.7. The first-order valence-electron chi connectivity index (χ1n) is 42.6. The highest BCUT2D eigenvalue weighted by Gasteiger charge is 2.51. The molecule has 18 atom stereocenters. The molecule has 12 heterocycles. The summed E-state index contributed by atoms with van der Waals surface area (Å²) in [5.74, 6) is 5.48. The van der Waals surface area contributed by atoms with Crippen LogP contribution in [0.1, 0.15) is 217 Å². The standard InChI is InChI=1S/C29H36N6O3.2C29H36N6O2/c1-18-15-30-35(29(37)31-18)27-28(36)34(26-9-5-4-8-25(26)32-27)22-13-23-16-38-17-24(14-22)33(23)21-11-19-6-2-3-7-20(10-19)12-21;1-18-17-30-35(29(37)31-18)27-28(36)34(26-11-3-2-10-25(26)32-27)24-15-21-8-5-9-22(16-24)33(21)23-13-19-6-4-7-20(12-19)14-23;1-18-17-30-35(29(37)31-18)27-28(36)34(26-9-5-4-8-25(26)32-27)24-15-21-10-11-22(16-24)33(21)23-13-19-6-2-3-7-20(12-19)14-23/h4-5,8-9,15,19-24H,1-3,6-7,10-14,16-17H2,(H,31,37);2-3,10-11,17,19-24H,1,4-9,12-16H2,(H,31,37);4-5,8-9,17,19-24H,1-3,6-7,10-16H2,(H,31,37)/t19-,20+,21?,22?,23-,24+;2*19-,20+,21-,22+,23?,24?. The Hall–Kier alpha value is -9.04. The van der Waals surface area contributed by atoms with Crippen molar-refractivity contribution in [3.63, 3.8) is 0 Å². The lowest BCUT2D eigenvalue weighted by Gasteiger charge is -2.55. The van der Waals surface area contributed by atoms with E-state index in [9.17, 15) is 28.8 Å². The van der Waals surface area contributed by atoms with Gasteiger partial charge in [-0.3, -0.25) is 29.1 Å². The number of rotatable bonds is 9. The first-order valence-corrected chi connectivity index (χ1v) is 42.6. The average Bonchev–Trinajstić information content (AvgIpc) is 1.51. The normalized spacial score (nSPS) is 33.9. The van der Waals surface area contributed by atoms with Crippen LogP contribution in [0.3, 0.4) is 0 Å². The number of urea groups is 3. The number of morpholine rings is 1. The van der Waals surface area contributed by atoms with Crippen LogP contribution in [-0.2, 0) is 4.74 Å². The second-order valence-electron chi connectivity index (χ2n) is 35.8. The Balaban J connectivity index is 0.000000113. The number of para-hydroxylation sites is 6. The van der Waals surface area contributed by atoms with Crippen LogP contribution in [0.2, 0.25) is 0 Å². The minimum absolute atomic E-state index is 0.00182. The van der Waals surface area contributed by atoms with Crippen LogP contribution in [-0.4, -0.2) is 148 Å². The van der Waals surface area contributed by atoms with Crippen molar-refractivity contribution in [3.05, 3.63) is 141 Å². The van der Waals surface area contributed by atoms with Gasteiger partial charge < -0.3 is 34.4 Å². The van der Waals surface area contributed by atoms with Crippen molar-refractivity contribution in [2.45, 2.75) is 272 Å². The van der Waals surface area contributed by atoms with Crippen molar-refractivity contribution in [3.8, 4) is 0 Å². The Morgan fingerprint density at radius 3 is 0.902 bits per heavy atom. The molecule has 21 rings (SSSR count). The molecule has 588 valence electrons. The molecule has 6 saturated heterocycles. The summed E-state index contributed by atoms with van der Waals surface area (Å²) < 4.78 is 11.8. The van der Waals surface area contributed by atoms with E-state index < -0.39 is 18.1 Å². The van der Waals surface area contributed by atoms with Crippen LogP contribution in [0.4, 0.5) is 31.8 Å². The summed E-state index contributed by atoms with van der Waals surface area (Å²) in [5, 5.41) is 23.7. The number of aromatic nitrogens is 6. The van der Waals surface area contributed by atoms with Crippen LogP contribution in [0.25, 0.3) is 33.1 Å². The smallest absolute Gasteiger partial charge is 0.348 e. The van der Waals surface area contributed by atoms with Crippen LogP contribution in [0, 0.1) is 35.5 Å². The fraction of sp³-hybridized carbons (Fsp3) is 0.586. The van der Waals surface area contributed by atoms with E-state index in [0.717, 1.165) is 106 Å². The topological polar surface area (TPSA) is 258 Å². The Kier molecular flexibility index (Phi) is 20.1. The van der Waals surface area contributed by atoms with Gasteiger partial charge in [0.15, 0.2) is 0 Å². The maximum absolute atomic E-state index is 14.0. The van der Waals surface area contributed by atoms with E-state index >= 15 is 0 Å². The first-order chi connectivity index (χ1) is 54.6. The lowest BCUT2D eigenvalue weighted by Crippen LogP contribution is -2.62. The molecule has 25 nitrogen and oxygen atoms in total. The van der Waals surface area contributed by atoms with Gasteiger partial charge in [0.05, 0.1) is 82.0 Å². The average molecular weight is 1520 g/mol. The molecule has 6 unspecified atom stereocenters. The zero-order valence-electron chi connectivity index (χ0n) is 64.6. The number of nitrogens with zero attached hydrogens (tertiary/aromatic N) is 15. The van der Waals surface area contributed by atoms with Crippen molar-refractivity contribution >= 4 is 87.3 Å². The summed E-state index contributed by atoms with van der Waals surface area (Å²) in [7, 11) is 0. The summed E-state index contributed by atoms with van der Waals surface area (Å²) in [5.41, 5.74) is 4.95. The number of hydrazone groups is 3. The predicted molar refractivity (Wildman–Crippen MR) is 436 cm³/mol. The molecule has 6 aliphatic carbocycles. The van der Waals surface area contributed by atoms with Gasteiger partial charge in [-0.2, -0.15) is 30.3 Å². The Morgan fingerprint density at radius 2 is 0.580 bits per heavy atom. The lowest BCUT2D eigenvalue weighted by atomic mass is 9.68. The number of amides is 6. The Bertz CT molecular complexity index is 4910. The van der Waals surface area contributed by atoms with Gasteiger partial charge in [0.2, 0.25) is 17.5 Å². The third-order valence-electron chi connectivity index (χ3n) is 28.8. The molecule has 0 radical (unpaired) electrons. The SMILES string of the molecule is C=C1C=NN(c2nc3ccccc3n(C3C[C@H]4CCC[C@@H](C3)N4C3C[C@H]4CCC[C@@H](C3)C4)c2=O)C(=O)N1.C=C1C=NN(c2nc3ccccc3n(C3C[C@H]4CC[C@@H](C3)N4C3C[C@H]4CCCC[C@@H](C3)C4)c2=O)C(=O)N1.C=C1C=NN(c2nc3ccccc3n(C3C[C@H]4COC[C@@H](C3)N4C3C[C@H]4CCCC[C@@H](C3)C4)c2=O)C(=O)N1. The molecule has 0 spiro atoms. The molecule has 3 aromatic carbocycles. The van der Waals surface area contributed by atoms with Gasteiger partial charge in [-0.05, 0) is 194 Å². The second-order valence-corrected chi connectivity index (χ2v) is 35.8. The van der Waals surface area contributed by atoms with E-state index in [-0.39, 0.29) is 52.3 Å². The number of ether oxygens (including phenoxy) is 1. The van der Waals surface area contributed by atoms with Crippen LogP contribution in [0.5, 0.6) is 0 Å². The maximum atomic E-state index is 14.0. The molecule has 112 heavy (non-hydrogen) atoms. The van der Waals surface area contributed by atoms with E-state index in [1.165, 1.54) is 179 Å². The van der Waals surface area contributed by atoms with Crippen molar-refractivity contribution in [2.75, 3.05) is 28.2 Å². The maximum Gasteiger partial charge on any atom is 0.348 e. The number of benzene rings is 3. The number of carbonyl (C=O) groups is 3. The highest BCUT2D eigenvalue weighted by Crippen LogP contribution is 2.52. The summed E-state index contributed by atoms with van der Waals surface area (Å²) in [6.07, 6.45) is 43.9. The number of fused-ring (bicyclic) bond motifs is 15. The van der Waals surface area contributed by atoms with Gasteiger partial charge in [0, 0.05) is 72.5 Å². The van der Waals surface area contributed by atoms with Gasteiger partial charge in [-0.15, -0.1) is 0 Å².